The van der Waals surface area contributed by atoms with E-state index in [-0.39, 0.29) is 36.7 Å². The van der Waals surface area contributed by atoms with Crippen LogP contribution in [0.5, 0.6) is 0 Å². The zero-order chi connectivity index (χ0) is 31.3. The number of rotatable bonds is 7. The Kier molecular flexibility index (Phi) is 7.72. The van der Waals surface area contributed by atoms with Gasteiger partial charge in [-0.1, -0.05) is 19.1 Å². The SMILES string of the molecule is CC1(C(F)F)CCC(c2oc(-c3ccc(F)cc3)nc2-c2ccc(N3CCS(=O)(=O)CC3)cc2)C(C(=O)NC2(C#N)CC2)C1. The number of hydrogen-bond donors (Lipinski definition) is 1. The monoisotopic (exact) mass is 626 g/mol. The van der Waals surface area contributed by atoms with Gasteiger partial charge in [-0.05, 0) is 68.5 Å². The number of hydrogen-bond acceptors (Lipinski definition) is 7. The molecule has 1 N–H and O–H groups in total. The number of carbonyl (C=O) groups excluding carboxylic acids is 1. The molecule has 12 heteroatoms. The molecule has 2 aliphatic carbocycles. The van der Waals surface area contributed by atoms with Crippen LogP contribution in [-0.2, 0) is 14.6 Å². The molecule has 1 aromatic heterocycles. The summed E-state index contributed by atoms with van der Waals surface area (Å²) in [6, 6.07) is 15.2. The third kappa shape index (κ3) is 5.94. The number of nitrogens with one attached hydrogen (secondary N) is 1. The first-order chi connectivity index (χ1) is 20.9. The van der Waals surface area contributed by atoms with E-state index >= 15 is 0 Å². The first-order valence-electron chi connectivity index (χ1n) is 14.7. The maximum atomic E-state index is 14.2. The van der Waals surface area contributed by atoms with Crippen LogP contribution >= 0.6 is 0 Å². The van der Waals surface area contributed by atoms with Crippen LogP contribution in [0, 0.1) is 28.5 Å². The third-order valence-electron chi connectivity index (χ3n) is 9.32. The molecule has 3 aromatic rings. The van der Waals surface area contributed by atoms with Crippen LogP contribution in [0.4, 0.5) is 18.9 Å². The number of aromatic nitrogens is 1. The lowest BCUT2D eigenvalue weighted by molar-refractivity contribution is -0.131. The Morgan fingerprint density at radius 2 is 1.70 bits per heavy atom. The van der Waals surface area contributed by atoms with Crippen LogP contribution in [0.25, 0.3) is 22.7 Å². The molecular formula is C32H33F3N4O4S. The molecule has 1 saturated heterocycles. The lowest BCUT2D eigenvalue weighted by Crippen LogP contribution is -2.46. The van der Waals surface area contributed by atoms with Crippen molar-refractivity contribution in [3.8, 4) is 28.8 Å². The standard InChI is InChI=1S/C32H33F3N4O4S/c1-31(30(34)35)11-10-24(25(18-31)28(40)38-32(19-36)12-13-32)27-26(37-29(43-27)21-2-6-22(33)7-3-21)20-4-8-23(9-5-20)39-14-16-44(41,42)17-15-39/h2-9,24-25,30H,10-18H2,1H3,(H,38,40). The summed E-state index contributed by atoms with van der Waals surface area (Å²) >= 11 is 0. The smallest absolute Gasteiger partial charge is 0.243 e. The second kappa shape index (κ2) is 11.3. The topological polar surface area (TPSA) is 116 Å². The van der Waals surface area contributed by atoms with E-state index in [4.69, 9.17) is 9.40 Å². The number of nitriles is 1. The maximum absolute atomic E-state index is 14.2. The van der Waals surface area contributed by atoms with Gasteiger partial charge in [0.05, 0.1) is 17.6 Å². The number of carbonyl (C=O) groups is 1. The molecule has 3 aliphatic rings. The highest BCUT2D eigenvalue weighted by atomic mass is 32.2. The average Bonchev–Trinajstić information content (AvgIpc) is 3.64. The highest BCUT2D eigenvalue weighted by molar-refractivity contribution is 7.91. The molecule has 1 amide bonds. The fourth-order valence-electron chi connectivity index (χ4n) is 6.25. The minimum absolute atomic E-state index is 0.0823. The number of amides is 1. The largest absolute Gasteiger partial charge is 0.440 e. The van der Waals surface area contributed by atoms with Gasteiger partial charge in [0, 0.05) is 47.2 Å². The van der Waals surface area contributed by atoms with Crippen molar-refractivity contribution in [2.75, 3.05) is 29.5 Å². The van der Waals surface area contributed by atoms with Crippen LogP contribution in [0.15, 0.2) is 52.9 Å². The normalized spacial score (nSPS) is 25.8. The molecule has 2 heterocycles. The van der Waals surface area contributed by atoms with Crippen molar-refractivity contribution in [1.29, 1.82) is 5.26 Å². The second-order valence-electron chi connectivity index (χ2n) is 12.5. The van der Waals surface area contributed by atoms with E-state index in [1.54, 1.807) is 0 Å². The van der Waals surface area contributed by atoms with Gasteiger partial charge in [-0.15, -0.1) is 0 Å². The number of alkyl halides is 2. The van der Waals surface area contributed by atoms with E-state index in [9.17, 15) is 31.6 Å². The molecule has 8 nitrogen and oxygen atoms in total. The average molecular weight is 627 g/mol. The fourth-order valence-corrected chi connectivity index (χ4v) is 7.45. The van der Waals surface area contributed by atoms with E-state index in [0.29, 0.717) is 48.5 Å². The lowest BCUT2D eigenvalue weighted by atomic mass is 9.65. The van der Waals surface area contributed by atoms with Gasteiger partial charge in [0.2, 0.25) is 18.2 Å². The first-order valence-corrected chi connectivity index (χ1v) is 16.6. The summed E-state index contributed by atoms with van der Waals surface area (Å²) in [6.45, 7) is 2.26. The molecule has 2 aromatic carbocycles. The molecule has 0 bridgehead atoms. The summed E-state index contributed by atoms with van der Waals surface area (Å²) < 4.78 is 72.3. The number of halogens is 3. The van der Waals surface area contributed by atoms with Gasteiger partial charge in [0.1, 0.15) is 22.8 Å². The maximum Gasteiger partial charge on any atom is 0.243 e. The molecule has 1 aliphatic heterocycles. The third-order valence-corrected chi connectivity index (χ3v) is 10.9. The highest BCUT2D eigenvalue weighted by Crippen LogP contribution is 2.52. The van der Waals surface area contributed by atoms with Crippen molar-refractivity contribution in [3.63, 3.8) is 0 Å². The lowest BCUT2D eigenvalue weighted by Gasteiger charge is -2.41. The molecule has 3 atom stereocenters. The fraction of sp³-hybridized carbons (Fsp3) is 0.469. The van der Waals surface area contributed by atoms with Gasteiger partial charge in [-0.3, -0.25) is 4.79 Å². The number of anilines is 1. The number of nitrogens with zero attached hydrogens (tertiary/aromatic N) is 3. The summed E-state index contributed by atoms with van der Waals surface area (Å²) in [5.41, 5.74) is 0.130. The van der Waals surface area contributed by atoms with Gasteiger partial charge < -0.3 is 14.6 Å². The molecule has 0 spiro atoms. The minimum Gasteiger partial charge on any atom is -0.440 e. The van der Waals surface area contributed by atoms with Gasteiger partial charge >= 0.3 is 0 Å². The summed E-state index contributed by atoms with van der Waals surface area (Å²) in [4.78, 5) is 20.4. The van der Waals surface area contributed by atoms with Crippen molar-refractivity contribution in [1.82, 2.24) is 10.3 Å². The Morgan fingerprint density at radius 1 is 1.07 bits per heavy atom. The number of oxazole rings is 1. The molecular weight excluding hydrogens is 593 g/mol. The summed E-state index contributed by atoms with van der Waals surface area (Å²) in [7, 11) is -3.04. The summed E-state index contributed by atoms with van der Waals surface area (Å²) in [5, 5.41) is 12.4. The van der Waals surface area contributed by atoms with E-state index in [1.807, 2.05) is 29.2 Å². The van der Waals surface area contributed by atoms with Gasteiger partial charge in [-0.25, -0.2) is 26.6 Å². The Balaban J connectivity index is 1.38. The van der Waals surface area contributed by atoms with Gasteiger partial charge in [0.15, 0.2) is 9.84 Å². The molecule has 3 unspecified atom stereocenters. The molecule has 232 valence electrons. The molecule has 44 heavy (non-hydrogen) atoms. The Hall–Kier alpha value is -3.85. The van der Waals surface area contributed by atoms with E-state index in [1.165, 1.54) is 31.2 Å². The van der Waals surface area contributed by atoms with Crippen molar-refractivity contribution >= 4 is 21.4 Å². The van der Waals surface area contributed by atoms with Crippen molar-refractivity contribution in [3.05, 3.63) is 60.1 Å². The quantitative estimate of drug-likeness (QED) is 0.357. The Labute approximate surface area is 254 Å². The van der Waals surface area contributed by atoms with Crippen molar-refractivity contribution < 1.29 is 30.8 Å². The minimum atomic E-state index is -3.04. The van der Waals surface area contributed by atoms with Crippen LogP contribution < -0.4 is 10.2 Å². The molecule has 2 saturated carbocycles. The van der Waals surface area contributed by atoms with Gasteiger partial charge in [-0.2, -0.15) is 5.26 Å². The van der Waals surface area contributed by atoms with Crippen LogP contribution in [0.2, 0.25) is 0 Å². The Morgan fingerprint density at radius 3 is 2.30 bits per heavy atom. The molecule has 6 rings (SSSR count). The van der Waals surface area contributed by atoms with E-state index < -0.39 is 50.8 Å². The van der Waals surface area contributed by atoms with Gasteiger partial charge in [0.25, 0.3) is 0 Å². The van der Waals surface area contributed by atoms with Crippen molar-refractivity contribution in [2.45, 2.75) is 56.9 Å². The molecule has 0 radical (unpaired) electrons. The molecule has 3 fully saturated rings. The van der Waals surface area contributed by atoms with E-state index in [0.717, 1.165) is 5.69 Å². The predicted molar refractivity (Wildman–Crippen MR) is 158 cm³/mol. The zero-order valence-electron chi connectivity index (χ0n) is 24.2. The number of benzene rings is 2. The summed E-state index contributed by atoms with van der Waals surface area (Å²) in [5.74, 6) is -1.63. The van der Waals surface area contributed by atoms with Crippen LogP contribution in [-0.4, -0.2) is 55.9 Å². The van der Waals surface area contributed by atoms with Crippen LogP contribution in [0.1, 0.15) is 50.7 Å². The zero-order valence-corrected chi connectivity index (χ0v) is 25.0. The Bertz CT molecular complexity index is 1680. The summed E-state index contributed by atoms with van der Waals surface area (Å²) in [6.07, 6.45) is -1.31. The van der Waals surface area contributed by atoms with Crippen LogP contribution in [0.3, 0.4) is 0 Å². The van der Waals surface area contributed by atoms with Crippen molar-refractivity contribution in [2.24, 2.45) is 11.3 Å². The first kappa shape index (κ1) is 30.2. The predicted octanol–water partition coefficient (Wildman–Crippen LogP) is 5.71. The highest BCUT2D eigenvalue weighted by Gasteiger charge is 2.51. The second-order valence-corrected chi connectivity index (χ2v) is 14.8. The number of sulfone groups is 1. The van der Waals surface area contributed by atoms with E-state index in [2.05, 4.69) is 11.4 Å².